The second-order valence-electron chi connectivity index (χ2n) is 3.42. The molecule has 0 spiro atoms. The lowest BCUT2D eigenvalue weighted by atomic mass is 10.1. The lowest BCUT2D eigenvalue weighted by molar-refractivity contribution is 0.0980. The maximum absolute atomic E-state index is 11.6. The summed E-state index contributed by atoms with van der Waals surface area (Å²) in [6.07, 6.45) is 0. The van der Waals surface area contributed by atoms with Crippen molar-refractivity contribution in [2.24, 2.45) is 0 Å². The molecule has 16 heavy (non-hydrogen) atoms. The Morgan fingerprint density at radius 3 is 2.69 bits per heavy atom. The molecule has 5 heteroatoms. The molecule has 1 N–H and O–H groups in total. The van der Waals surface area contributed by atoms with Gasteiger partial charge in [-0.05, 0) is 6.07 Å². The van der Waals surface area contributed by atoms with Crippen LogP contribution < -0.4 is 10.9 Å². The molecule has 0 fully saturated rings. The van der Waals surface area contributed by atoms with Gasteiger partial charge in [-0.2, -0.15) is 0 Å². The van der Waals surface area contributed by atoms with Crippen LogP contribution in [0.1, 0.15) is 15.9 Å². The maximum atomic E-state index is 11.6. The van der Waals surface area contributed by atoms with Crippen molar-refractivity contribution in [3.05, 3.63) is 45.8 Å². The van der Waals surface area contributed by atoms with Gasteiger partial charge in [-0.15, -0.1) is 0 Å². The molecular weight excluding hydrogens is 226 g/mol. The molecule has 1 amide bonds. The summed E-state index contributed by atoms with van der Waals surface area (Å²) in [5.74, 6) is -0.487. The van der Waals surface area contributed by atoms with E-state index in [1.165, 1.54) is 0 Å². The topological polar surface area (TPSA) is 59.3 Å². The van der Waals surface area contributed by atoms with Gasteiger partial charge in [0.15, 0.2) is 0 Å². The van der Waals surface area contributed by atoms with E-state index in [0.29, 0.717) is 16.5 Å². The first kappa shape index (κ1) is 9.23. The number of thiocarbonyl (C=S) groups is 1. The number of nitrogens with one attached hydrogen (secondary N) is 1. The van der Waals surface area contributed by atoms with Gasteiger partial charge in [0, 0.05) is 10.9 Å². The summed E-state index contributed by atoms with van der Waals surface area (Å²) < 4.78 is 5.05. The number of fused-ring (bicyclic) bond motifs is 3. The van der Waals surface area contributed by atoms with Crippen molar-refractivity contribution in [3.8, 4) is 0 Å². The average Bonchev–Trinajstić information content (AvgIpc) is 2.55. The molecule has 0 bridgehead atoms. The second kappa shape index (κ2) is 2.99. The zero-order valence-electron chi connectivity index (χ0n) is 7.94. The second-order valence-corrected chi connectivity index (χ2v) is 3.83. The molecular formula is C11H5NO3S. The van der Waals surface area contributed by atoms with E-state index in [0.717, 1.165) is 0 Å². The fourth-order valence-electron chi connectivity index (χ4n) is 1.82. The fourth-order valence-corrected chi connectivity index (χ4v) is 2.12. The smallest absolute Gasteiger partial charge is 0.349 e. The molecule has 0 atom stereocenters. The molecule has 0 saturated carbocycles. The van der Waals surface area contributed by atoms with Crippen LogP contribution in [0.3, 0.4) is 0 Å². The zero-order valence-corrected chi connectivity index (χ0v) is 8.76. The number of carbonyl (C=O) groups excluding carboxylic acids is 1. The summed E-state index contributed by atoms with van der Waals surface area (Å²) in [7, 11) is 0. The van der Waals surface area contributed by atoms with E-state index in [-0.39, 0.29) is 10.6 Å². The monoisotopic (exact) mass is 231 g/mol. The van der Waals surface area contributed by atoms with Gasteiger partial charge >= 0.3 is 5.63 Å². The van der Waals surface area contributed by atoms with Crippen LogP contribution in [-0.2, 0) is 0 Å². The molecule has 0 radical (unpaired) electrons. The number of rotatable bonds is 0. The third-order valence-electron chi connectivity index (χ3n) is 2.49. The number of hydrogen-bond donors (Lipinski definition) is 1. The highest BCUT2D eigenvalue weighted by molar-refractivity contribution is 7.80. The Morgan fingerprint density at radius 2 is 1.88 bits per heavy atom. The molecule has 1 aliphatic heterocycles. The third kappa shape index (κ3) is 1.06. The minimum absolute atomic E-state index is 0.00343. The van der Waals surface area contributed by atoms with Gasteiger partial charge in [-0.25, -0.2) is 4.79 Å². The van der Waals surface area contributed by atoms with Crippen molar-refractivity contribution >= 4 is 34.1 Å². The largest absolute Gasteiger partial charge is 0.422 e. The summed E-state index contributed by atoms with van der Waals surface area (Å²) in [5, 5.41) is 3.13. The molecule has 3 rings (SSSR count). The third-order valence-corrected chi connectivity index (χ3v) is 2.80. The van der Waals surface area contributed by atoms with E-state index >= 15 is 0 Å². The van der Waals surface area contributed by atoms with Crippen LogP contribution in [0.15, 0.2) is 33.5 Å². The molecule has 0 saturated heterocycles. The van der Waals surface area contributed by atoms with Crippen molar-refractivity contribution in [2.75, 3.05) is 0 Å². The van der Waals surface area contributed by atoms with Gasteiger partial charge in [0.25, 0.3) is 5.91 Å². The SMILES string of the molecule is O=C1NC(=S)c2c1c(=O)oc1ccccc21. The van der Waals surface area contributed by atoms with Crippen LogP contribution >= 0.6 is 12.2 Å². The van der Waals surface area contributed by atoms with Crippen molar-refractivity contribution in [2.45, 2.75) is 0 Å². The van der Waals surface area contributed by atoms with Crippen molar-refractivity contribution in [1.29, 1.82) is 0 Å². The Morgan fingerprint density at radius 1 is 1.12 bits per heavy atom. The van der Waals surface area contributed by atoms with Gasteiger partial charge in [0.05, 0.1) is 0 Å². The summed E-state index contributed by atoms with van der Waals surface area (Å²) in [5.41, 5.74) is 0.270. The van der Waals surface area contributed by atoms with E-state index < -0.39 is 11.5 Å². The summed E-state index contributed by atoms with van der Waals surface area (Å²) in [4.78, 5) is 23.4. The van der Waals surface area contributed by atoms with E-state index in [4.69, 9.17) is 16.6 Å². The lowest BCUT2D eigenvalue weighted by Gasteiger charge is -2.00. The Hall–Kier alpha value is -2.01. The first-order valence-corrected chi connectivity index (χ1v) is 5.01. The highest BCUT2D eigenvalue weighted by Crippen LogP contribution is 2.23. The highest BCUT2D eigenvalue weighted by atomic mass is 32.1. The van der Waals surface area contributed by atoms with Crippen LogP contribution in [-0.4, -0.2) is 10.9 Å². The number of carbonyl (C=O) groups is 1. The molecule has 2 aromatic rings. The molecule has 1 aliphatic rings. The van der Waals surface area contributed by atoms with Gasteiger partial charge in [0.2, 0.25) is 0 Å². The minimum Gasteiger partial charge on any atom is -0.422 e. The molecule has 2 heterocycles. The van der Waals surface area contributed by atoms with Crippen LogP contribution in [0.4, 0.5) is 0 Å². The van der Waals surface area contributed by atoms with Crippen LogP contribution in [0.25, 0.3) is 11.0 Å². The minimum atomic E-state index is -0.647. The van der Waals surface area contributed by atoms with E-state index in [9.17, 15) is 9.59 Å². The van der Waals surface area contributed by atoms with Crippen molar-refractivity contribution < 1.29 is 9.21 Å². The Kier molecular flexibility index (Phi) is 1.73. The molecule has 1 aromatic heterocycles. The van der Waals surface area contributed by atoms with E-state index in [2.05, 4.69) is 5.32 Å². The first-order valence-electron chi connectivity index (χ1n) is 4.60. The molecule has 0 unspecified atom stereocenters. The normalized spacial score (nSPS) is 14.0. The van der Waals surface area contributed by atoms with Crippen LogP contribution in [0, 0.1) is 0 Å². The maximum Gasteiger partial charge on any atom is 0.349 e. The van der Waals surface area contributed by atoms with Crippen LogP contribution in [0.5, 0.6) is 0 Å². The molecule has 4 nitrogen and oxygen atoms in total. The van der Waals surface area contributed by atoms with Gasteiger partial charge in [-0.1, -0.05) is 30.4 Å². The van der Waals surface area contributed by atoms with Crippen molar-refractivity contribution in [1.82, 2.24) is 5.32 Å². The predicted octanol–water partition coefficient (Wildman–Crippen LogP) is 1.21. The van der Waals surface area contributed by atoms with Gasteiger partial charge < -0.3 is 9.73 Å². The number of para-hydroxylation sites is 1. The number of amides is 1. The Balaban J connectivity index is 2.59. The average molecular weight is 231 g/mol. The Labute approximate surface area is 94.9 Å². The number of benzene rings is 1. The van der Waals surface area contributed by atoms with E-state index in [1.807, 2.05) is 0 Å². The molecule has 78 valence electrons. The van der Waals surface area contributed by atoms with Gasteiger partial charge in [-0.3, -0.25) is 4.79 Å². The first-order chi connectivity index (χ1) is 7.68. The number of hydrogen-bond acceptors (Lipinski definition) is 4. The summed E-state index contributed by atoms with van der Waals surface area (Å²) in [6, 6.07) is 6.99. The predicted molar refractivity (Wildman–Crippen MR) is 61.7 cm³/mol. The molecule has 0 aliphatic carbocycles. The fraction of sp³-hybridized carbons (Fsp3) is 0. The summed E-state index contributed by atoms with van der Waals surface area (Å²) in [6.45, 7) is 0. The standard InChI is InChI=1S/C11H5NO3S/c13-9-8-7(10(16)12-9)5-3-1-2-4-6(5)15-11(8)14/h1-4H,(H,12,13,16). The quantitative estimate of drug-likeness (QED) is 0.547. The van der Waals surface area contributed by atoms with Crippen molar-refractivity contribution in [3.63, 3.8) is 0 Å². The van der Waals surface area contributed by atoms with Gasteiger partial charge in [0.1, 0.15) is 16.1 Å². The Bertz CT molecular complexity index is 702. The van der Waals surface area contributed by atoms with Crippen LogP contribution in [0.2, 0.25) is 0 Å². The summed E-state index contributed by atoms with van der Waals surface area (Å²) >= 11 is 5.03. The lowest BCUT2D eigenvalue weighted by Crippen LogP contribution is -2.21. The van der Waals surface area contributed by atoms with E-state index in [1.54, 1.807) is 24.3 Å². The molecule has 1 aromatic carbocycles. The highest BCUT2D eigenvalue weighted by Gasteiger charge is 2.30. The zero-order chi connectivity index (χ0) is 11.3.